The Bertz CT molecular complexity index is 166. The van der Waals surface area contributed by atoms with Crippen molar-refractivity contribution in [2.75, 3.05) is 6.61 Å². The molecule has 0 aromatic rings. The molecular weight excluding hydrogens is 254 g/mol. The van der Waals surface area contributed by atoms with Crippen molar-refractivity contribution in [1.82, 2.24) is 0 Å². The van der Waals surface area contributed by atoms with Crippen molar-refractivity contribution in [3.63, 3.8) is 0 Å². The quantitative estimate of drug-likeness (QED) is 0.370. The summed E-state index contributed by atoms with van der Waals surface area (Å²) >= 11 is 0. The van der Waals surface area contributed by atoms with Gasteiger partial charge in [-0.05, 0) is 12.3 Å². The number of unbranched alkanes of at least 4 members (excludes halogenated alkanes) is 10. The summed E-state index contributed by atoms with van der Waals surface area (Å²) in [4.78, 5) is 4.66. The van der Waals surface area contributed by atoms with Gasteiger partial charge in [-0.3, -0.25) is 0 Å². The van der Waals surface area contributed by atoms with Gasteiger partial charge in [0.15, 0.2) is 0 Å². The van der Waals surface area contributed by atoms with Crippen molar-refractivity contribution in [3.8, 4) is 0 Å². The maximum Gasteiger partial charge on any atom is 0.106 e. The molecule has 0 amide bonds. The van der Waals surface area contributed by atoms with Crippen molar-refractivity contribution >= 4 is 0 Å². The maximum absolute atomic E-state index is 9.92. The molecule has 4 heteroatoms. The molecule has 0 heterocycles. The summed E-state index contributed by atoms with van der Waals surface area (Å²) in [5.74, 6) is 0.872. The van der Waals surface area contributed by atoms with E-state index in [2.05, 4.69) is 18.7 Å². The molecule has 4 N–H and O–H groups in total. The lowest BCUT2D eigenvalue weighted by atomic mass is 10.0. The lowest BCUT2D eigenvalue weighted by molar-refractivity contribution is -0.850. The topological polar surface area (TPSA) is 80.4 Å². The van der Waals surface area contributed by atoms with Gasteiger partial charge >= 0.3 is 0 Å². The van der Waals surface area contributed by atoms with Crippen LogP contribution >= 0.6 is 0 Å². The summed E-state index contributed by atoms with van der Waals surface area (Å²) in [5, 5.41) is 9.92. The molecule has 0 bridgehead atoms. The molecule has 20 heavy (non-hydrogen) atoms. The first-order valence-electron chi connectivity index (χ1n) is 8.32. The van der Waals surface area contributed by atoms with E-state index < -0.39 is 0 Å². The lowest BCUT2D eigenvalue weighted by Gasteiger charge is -2.05. The highest BCUT2D eigenvalue weighted by Crippen LogP contribution is 2.13. The van der Waals surface area contributed by atoms with Crippen molar-refractivity contribution < 1.29 is 16.0 Å². The second-order valence-corrected chi connectivity index (χ2v) is 6.04. The monoisotopic (exact) mass is 291 g/mol. The minimum atomic E-state index is 0. The first kappa shape index (κ1) is 22.1. The zero-order valence-electron chi connectivity index (χ0n) is 13.7. The largest absolute Gasteiger partial charge is 0.601 e. The highest BCUT2D eigenvalue weighted by Gasteiger charge is 1.95. The number of nitrogens with two attached hydrogens (primary N) is 1. The van der Waals surface area contributed by atoms with Crippen LogP contribution in [0.15, 0.2) is 0 Å². The van der Waals surface area contributed by atoms with Gasteiger partial charge in [-0.1, -0.05) is 84.5 Å². The third-order valence-electron chi connectivity index (χ3n) is 3.61. The molecular formula is C16H37NO3. The van der Waals surface area contributed by atoms with E-state index in [1.54, 1.807) is 0 Å². The van der Waals surface area contributed by atoms with Crippen LogP contribution in [0.25, 0.3) is 0 Å². The van der Waals surface area contributed by atoms with Gasteiger partial charge in [0.2, 0.25) is 0 Å². The highest BCUT2D eigenvalue weighted by atomic mass is 16.8. The molecule has 0 aliphatic rings. The smallest absolute Gasteiger partial charge is 0.106 e. The summed E-state index contributed by atoms with van der Waals surface area (Å²) < 4.78 is 0. The first-order chi connectivity index (χ1) is 9.27. The minimum Gasteiger partial charge on any atom is -0.601 e. The van der Waals surface area contributed by atoms with Gasteiger partial charge in [0.1, 0.15) is 6.61 Å². The molecule has 0 radical (unpaired) electrons. The summed E-state index contributed by atoms with van der Waals surface area (Å²) in [6.45, 7) is 5.22. The number of rotatable bonds is 15. The number of hydrogen-bond donors (Lipinski definition) is 1. The van der Waals surface area contributed by atoms with Gasteiger partial charge in [0.25, 0.3) is 0 Å². The average molecular weight is 291 g/mol. The standard InChI is InChI=1S/C16H35NO2.H2O/c1-16(2)14-12-10-8-6-4-3-5-7-9-11-13-15-19-17-18;/h16H,3-15,17H2,1-2H3;1H2. The average Bonchev–Trinajstić information content (AvgIpc) is 2.39. The molecule has 0 fully saturated rings. The Morgan fingerprint density at radius 1 is 0.750 bits per heavy atom. The van der Waals surface area contributed by atoms with Gasteiger partial charge in [0, 0.05) is 0 Å². The molecule has 0 aromatic carbocycles. The molecule has 124 valence electrons. The summed E-state index contributed by atoms with van der Waals surface area (Å²) in [5.41, 5.74) is 0.543. The molecule has 0 aromatic heterocycles. The van der Waals surface area contributed by atoms with Crippen LogP contribution in [0.1, 0.15) is 90.9 Å². The normalized spacial score (nSPS) is 10.8. The van der Waals surface area contributed by atoms with Crippen LogP contribution in [0, 0.1) is 11.1 Å². The van der Waals surface area contributed by atoms with Crippen LogP contribution in [0.3, 0.4) is 0 Å². The van der Waals surface area contributed by atoms with Crippen LogP contribution in [-0.2, 0) is 4.84 Å². The maximum atomic E-state index is 9.92. The van der Waals surface area contributed by atoms with Gasteiger partial charge in [-0.25, -0.2) is 10.5 Å². The van der Waals surface area contributed by atoms with E-state index in [0.29, 0.717) is 12.3 Å². The fourth-order valence-corrected chi connectivity index (χ4v) is 2.38. The SMILES string of the molecule is CC(C)CCCCCCCCCCCCCO[NH2+][O-].O. The predicted molar refractivity (Wildman–Crippen MR) is 85.1 cm³/mol. The van der Waals surface area contributed by atoms with E-state index >= 15 is 0 Å². The summed E-state index contributed by atoms with van der Waals surface area (Å²) in [6, 6.07) is 0. The van der Waals surface area contributed by atoms with E-state index in [9.17, 15) is 5.21 Å². The second kappa shape index (κ2) is 18.8. The fourth-order valence-electron chi connectivity index (χ4n) is 2.38. The Labute approximate surface area is 125 Å². The molecule has 0 rings (SSSR count). The molecule has 0 saturated carbocycles. The van der Waals surface area contributed by atoms with Gasteiger partial charge in [-0.2, -0.15) is 0 Å². The fraction of sp³-hybridized carbons (Fsp3) is 1.00. The van der Waals surface area contributed by atoms with E-state index in [4.69, 9.17) is 0 Å². The van der Waals surface area contributed by atoms with Crippen LogP contribution in [0.2, 0.25) is 0 Å². The molecule has 0 atom stereocenters. The summed E-state index contributed by atoms with van der Waals surface area (Å²) in [6.07, 6.45) is 16.1. The van der Waals surface area contributed by atoms with Crippen LogP contribution < -0.4 is 5.64 Å². The van der Waals surface area contributed by atoms with Gasteiger partial charge in [0.05, 0.1) is 0 Å². The van der Waals surface area contributed by atoms with Gasteiger partial charge in [-0.15, -0.1) is 0 Å². The second-order valence-electron chi connectivity index (χ2n) is 6.04. The van der Waals surface area contributed by atoms with E-state index in [0.717, 1.165) is 12.3 Å². The molecule has 0 saturated heterocycles. The summed E-state index contributed by atoms with van der Waals surface area (Å²) in [7, 11) is 0. The Morgan fingerprint density at radius 2 is 1.15 bits per heavy atom. The number of quaternary nitrogens is 1. The van der Waals surface area contributed by atoms with E-state index in [1.807, 2.05) is 0 Å². The number of hydrogen-bond acceptors (Lipinski definition) is 2. The lowest BCUT2D eigenvalue weighted by Crippen LogP contribution is -2.76. The molecule has 0 aliphatic heterocycles. The minimum absolute atomic E-state index is 0. The molecule has 0 unspecified atom stereocenters. The Hall–Kier alpha value is -0.160. The van der Waals surface area contributed by atoms with Crippen molar-refractivity contribution in [1.29, 1.82) is 0 Å². The van der Waals surface area contributed by atoms with Crippen molar-refractivity contribution in [2.24, 2.45) is 5.92 Å². The Kier molecular flexibility index (Phi) is 20.8. The van der Waals surface area contributed by atoms with Crippen molar-refractivity contribution in [3.05, 3.63) is 5.21 Å². The van der Waals surface area contributed by atoms with Gasteiger partial charge < -0.3 is 10.7 Å². The molecule has 0 aliphatic carbocycles. The zero-order valence-corrected chi connectivity index (χ0v) is 13.7. The zero-order chi connectivity index (χ0) is 14.2. The van der Waals surface area contributed by atoms with Crippen molar-refractivity contribution in [2.45, 2.75) is 90.9 Å². The third-order valence-corrected chi connectivity index (χ3v) is 3.61. The first-order valence-corrected chi connectivity index (χ1v) is 8.32. The predicted octanol–water partition coefficient (Wildman–Crippen LogP) is 3.49. The molecule has 0 spiro atoms. The Morgan fingerprint density at radius 3 is 1.55 bits per heavy atom. The van der Waals surface area contributed by atoms with Crippen LogP contribution in [0.5, 0.6) is 0 Å². The highest BCUT2D eigenvalue weighted by molar-refractivity contribution is 4.50. The van der Waals surface area contributed by atoms with Crippen LogP contribution in [-0.4, -0.2) is 12.1 Å². The van der Waals surface area contributed by atoms with E-state index in [-0.39, 0.29) is 5.48 Å². The third kappa shape index (κ3) is 20.2. The molecule has 4 nitrogen and oxygen atoms in total. The van der Waals surface area contributed by atoms with E-state index in [1.165, 1.54) is 70.6 Å². The van der Waals surface area contributed by atoms with Crippen LogP contribution in [0.4, 0.5) is 0 Å². The Balaban J connectivity index is 0.